The van der Waals surface area contributed by atoms with Gasteiger partial charge in [0.25, 0.3) is 0 Å². The molecule has 0 heterocycles. The molecule has 0 aliphatic heterocycles. The first kappa shape index (κ1) is 13.1. The number of rotatable bonds is 3. The summed E-state index contributed by atoms with van der Waals surface area (Å²) in [6.45, 7) is 1.99. The van der Waals surface area contributed by atoms with Crippen molar-refractivity contribution < 1.29 is 4.74 Å². The summed E-state index contributed by atoms with van der Waals surface area (Å²) in [5.41, 5.74) is 10.5. The Bertz CT molecular complexity index is 679. The number of benzene rings is 2. The number of thiocarbonyl (C=S) groups is 1. The number of ether oxygens (including phenoxy) is 1. The largest absolute Gasteiger partial charge is 0.457 e. The van der Waals surface area contributed by atoms with Gasteiger partial charge in [0.1, 0.15) is 16.5 Å². The van der Waals surface area contributed by atoms with Gasteiger partial charge in [0, 0.05) is 5.56 Å². The minimum Gasteiger partial charge on any atom is -0.457 e. The summed E-state index contributed by atoms with van der Waals surface area (Å²) in [7, 11) is 0. The molecule has 0 radical (unpaired) electrons. The third kappa shape index (κ3) is 2.54. The number of fused-ring (bicyclic) bond motifs is 1. The molecule has 2 aromatic rings. The molecule has 2 nitrogen and oxygen atoms in total. The van der Waals surface area contributed by atoms with Crippen LogP contribution in [0.5, 0.6) is 11.5 Å². The monoisotopic (exact) mass is 283 g/mol. The maximum atomic E-state index is 5.94. The lowest BCUT2D eigenvalue weighted by atomic mass is 10.1. The summed E-state index contributed by atoms with van der Waals surface area (Å²) in [5.74, 6) is 1.72. The molecule has 0 fully saturated rings. The number of hydrogen-bond donors (Lipinski definition) is 1. The summed E-state index contributed by atoms with van der Waals surface area (Å²) in [5, 5.41) is 0. The molecule has 3 rings (SSSR count). The molecule has 0 amide bonds. The Morgan fingerprint density at radius 3 is 2.50 bits per heavy atom. The average Bonchev–Trinajstić information content (AvgIpc) is 2.85. The van der Waals surface area contributed by atoms with Crippen LogP contribution >= 0.6 is 12.2 Å². The van der Waals surface area contributed by atoms with E-state index in [0.29, 0.717) is 4.99 Å². The lowest BCUT2D eigenvalue weighted by molar-refractivity contribution is 0.481. The zero-order valence-electron chi connectivity index (χ0n) is 11.5. The van der Waals surface area contributed by atoms with Crippen molar-refractivity contribution in [2.24, 2.45) is 5.73 Å². The lowest BCUT2D eigenvalue weighted by Crippen LogP contribution is -2.10. The molecule has 0 aromatic heterocycles. The predicted molar refractivity (Wildman–Crippen MR) is 85.6 cm³/mol. The van der Waals surface area contributed by atoms with Crippen molar-refractivity contribution >= 4 is 17.2 Å². The molecule has 0 bridgehead atoms. The molecule has 3 heteroatoms. The van der Waals surface area contributed by atoms with E-state index in [2.05, 4.69) is 12.1 Å². The molecule has 20 heavy (non-hydrogen) atoms. The van der Waals surface area contributed by atoms with Crippen molar-refractivity contribution in [1.82, 2.24) is 0 Å². The number of nitrogens with two attached hydrogens (primary N) is 1. The average molecular weight is 283 g/mol. The van der Waals surface area contributed by atoms with Gasteiger partial charge in [-0.2, -0.15) is 0 Å². The number of hydrogen-bond acceptors (Lipinski definition) is 2. The van der Waals surface area contributed by atoms with Crippen LogP contribution in [0.1, 0.15) is 28.7 Å². The van der Waals surface area contributed by atoms with Gasteiger partial charge >= 0.3 is 0 Å². The molecule has 2 aromatic carbocycles. The fraction of sp³-hybridized carbons (Fsp3) is 0.235. The molecule has 0 saturated carbocycles. The first-order chi connectivity index (χ1) is 9.63. The summed E-state index contributed by atoms with van der Waals surface area (Å²) >= 11 is 5.01. The van der Waals surface area contributed by atoms with Crippen LogP contribution in [0.15, 0.2) is 36.4 Å². The Labute approximate surface area is 124 Å². The summed E-state index contributed by atoms with van der Waals surface area (Å²) in [4.78, 5) is 0.423. The minimum atomic E-state index is 0.423. The van der Waals surface area contributed by atoms with Gasteiger partial charge in [-0.1, -0.05) is 18.3 Å². The Morgan fingerprint density at radius 2 is 1.75 bits per heavy atom. The van der Waals surface area contributed by atoms with E-state index in [4.69, 9.17) is 22.7 Å². The molecule has 0 atom stereocenters. The van der Waals surface area contributed by atoms with Crippen LogP contribution in [-0.4, -0.2) is 4.99 Å². The highest BCUT2D eigenvalue weighted by Gasteiger charge is 2.11. The Kier molecular flexibility index (Phi) is 3.45. The van der Waals surface area contributed by atoms with E-state index in [1.54, 1.807) is 0 Å². The SMILES string of the molecule is Cc1cc(Oc2ccc3c(c2)CCC3)ccc1C(N)=S. The lowest BCUT2D eigenvalue weighted by Gasteiger charge is -2.10. The predicted octanol–water partition coefficient (Wildman–Crippen LogP) is 3.91. The standard InChI is InChI=1S/C17H17NOS/c1-11-9-14(7-8-16(11)17(18)20)19-15-6-5-12-3-2-4-13(12)10-15/h5-10H,2-4H2,1H3,(H2,18,20). The van der Waals surface area contributed by atoms with Crippen LogP contribution in [0.4, 0.5) is 0 Å². The summed E-state index contributed by atoms with van der Waals surface area (Å²) in [6, 6.07) is 12.2. The van der Waals surface area contributed by atoms with Gasteiger partial charge in [0.2, 0.25) is 0 Å². The van der Waals surface area contributed by atoms with Gasteiger partial charge in [-0.3, -0.25) is 0 Å². The quantitative estimate of drug-likeness (QED) is 0.867. The van der Waals surface area contributed by atoms with Gasteiger partial charge in [-0.15, -0.1) is 0 Å². The Balaban J connectivity index is 1.84. The van der Waals surface area contributed by atoms with Crippen LogP contribution in [0.25, 0.3) is 0 Å². The van der Waals surface area contributed by atoms with Crippen LogP contribution in [0.2, 0.25) is 0 Å². The third-order valence-corrected chi connectivity index (χ3v) is 3.99. The highest BCUT2D eigenvalue weighted by Crippen LogP contribution is 2.29. The third-order valence-electron chi connectivity index (χ3n) is 3.77. The van der Waals surface area contributed by atoms with E-state index in [0.717, 1.165) is 29.0 Å². The molecule has 2 N–H and O–H groups in total. The maximum Gasteiger partial charge on any atom is 0.127 e. The molecule has 1 aliphatic carbocycles. The molecule has 1 aliphatic rings. The number of aryl methyl sites for hydroxylation is 3. The van der Waals surface area contributed by atoms with E-state index in [9.17, 15) is 0 Å². The van der Waals surface area contributed by atoms with Crippen molar-refractivity contribution in [3.8, 4) is 11.5 Å². The van der Waals surface area contributed by atoms with Crippen LogP contribution in [0.3, 0.4) is 0 Å². The fourth-order valence-corrected chi connectivity index (χ4v) is 2.95. The van der Waals surface area contributed by atoms with Crippen LogP contribution < -0.4 is 10.5 Å². The smallest absolute Gasteiger partial charge is 0.127 e. The maximum absolute atomic E-state index is 5.94. The van der Waals surface area contributed by atoms with Crippen molar-refractivity contribution in [2.45, 2.75) is 26.2 Å². The normalized spacial score (nSPS) is 13.1. The van der Waals surface area contributed by atoms with E-state index < -0.39 is 0 Å². The fourth-order valence-electron chi connectivity index (χ4n) is 2.72. The van der Waals surface area contributed by atoms with Gasteiger partial charge in [0.15, 0.2) is 0 Å². The molecule has 0 unspecified atom stereocenters. The van der Waals surface area contributed by atoms with Crippen molar-refractivity contribution in [3.63, 3.8) is 0 Å². The summed E-state index contributed by atoms with van der Waals surface area (Å²) < 4.78 is 5.94. The topological polar surface area (TPSA) is 35.2 Å². The van der Waals surface area contributed by atoms with Gasteiger partial charge in [0.05, 0.1) is 0 Å². The van der Waals surface area contributed by atoms with E-state index >= 15 is 0 Å². The second-order valence-corrected chi connectivity index (χ2v) is 5.67. The minimum absolute atomic E-state index is 0.423. The summed E-state index contributed by atoms with van der Waals surface area (Å²) in [6.07, 6.45) is 3.60. The zero-order valence-corrected chi connectivity index (χ0v) is 12.3. The Hall–Kier alpha value is -1.87. The van der Waals surface area contributed by atoms with Crippen LogP contribution in [0, 0.1) is 6.92 Å². The highest BCUT2D eigenvalue weighted by atomic mass is 32.1. The first-order valence-electron chi connectivity index (χ1n) is 6.83. The molecule has 0 spiro atoms. The molecule has 102 valence electrons. The van der Waals surface area contributed by atoms with Gasteiger partial charge in [-0.05, 0) is 73.2 Å². The van der Waals surface area contributed by atoms with Crippen molar-refractivity contribution in [1.29, 1.82) is 0 Å². The van der Waals surface area contributed by atoms with Crippen molar-refractivity contribution in [2.75, 3.05) is 0 Å². The molecule has 0 saturated heterocycles. The van der Waals surface area contributed by atoms with E-state index in [1.807, 2.05) is 31.2 Å². The van der Waals surface area contributed by atoms with Gasteiger partial charge in [-0.25, -0.2) is 0 Å². The highest BCUT2D eigenvalue weighted by molar-refractivity contribution is 7.80. The first-order valence-corrected chi connectivity index (χ1v) is 7.24. The van der Waals surface area contributed by atoms with Crippen molar-refractivity contribution in [3.05, 3.63) is 58.7 Å². The molecular weight excluding hydrogens is 266 g/mol. The molecular formula is C17H17NOS. The second kappa shape index (κ2) is 5.25. The Morgan fingerprint density at radius 1 is 1.05 bits per heavy atom. The van der Waals surface area contributed by atoms with Crippen LogP contribution in [-0.2, 0) is 12.8 Å². The van der Waals surface area contributed by atoms with E-state index in [-0.39, 0.29) is 0 Å². The van der Waals surface area contributed by atoms with E-state index in [1.165, 1.54) is 24.0 Å². The zero-order chi connectivity index (χ0) is 14.1. The van der Waals surface area contributed by atoms with Gasteiger partial charge < -0.3 is 10.5 Å². The second-order valence-electron chi connectivity index (χ2n) is 5.23.